The van der Waals surface area contributed by atoms with Crippen LogP contribution in [0.4, 0.5) is 10.5 Å². The number of amides is 3. The molecule has 1 saturated heterocycles. The topological polar surface area (TPSA) is 104 Å². The first-order valence-corrected chi connectivity index (χ1v) is 11.3. The molecule has 3 amide bonds. The first kappa shape index (κ1) is 20.1. The first-order chi connectivity index (χ1) is 14.1. The lowest BCUT2D eigenvalue weighted by atomic mass is 9.92. The lowest BCUT2D eigenvalue weighted by Crippen LogP contribution is -2.42. The molecule has 0 unspecified atom stereocenters. The number of anilines is 1. The highest BCUT2D eigenvalue weighted by molar-refractivity contribution is 7.92. The summed E-state index contributed by atoms with van der Waals surface area (Å²) in [5.74, 6) is -0.824. The number of rotatable bonds is 5. The second kappa shape index (κ2) is 6.94. The van der Waals surface area contributed by atoms with Gasteiger partial charge in [0.25, 0.3) is 5.91 Å². The van der Waals surface area contributed by atoms with Crippen LogP contribution in [0, 0.1) is 0 Å². The number of imide groups is 1. The summed E-state index contributed by atoms with van der Waals surface area (Å²) < 4.78 is 24.4. The molecule has 1 N–H and O–H groups in total. The van der Waals surface area contributed by atoms with E-state index in [4.69, 9.17) is 0 Å². The van der Waals surface area contributed by atoms with Crippen LogP contribution < -0.4 is 9.62 Å². The third-order valence-corrected chi connectivity index (χ3v) is 6.98. The maximum atomic E-state index is 13.1. The maximum absolute atomic E-state index is 13.1. The molecule has 0 bridgehead atoms. The number of hydrogen-bond acceptors (Lipinski definition) is 5. The van der Waals surface area contributed by atoms with E-state index in [1.165, 1.54) is 31.3 Å². The summed E-state index contributed by atoms with van der Waals surface area (Å²) in [7, 11) is -2.00. The molecule has 1 aliphatic carbocycles. The van der Waals surface area contributed by atoms with Gasteiger partial charge in [0.05, 0.1) is 18.5 Å². The Morgan fingerprint density at radius 3 is 2.47 bits per heavy atom. The first-order valence-electron chi connectivity index (χ1n) is 9.43. The van der Waals surface area contributed by atoms with E-state index in [-0.39, 0.29) is 12.1 Å². The third kappa shape index (κ3) is 3.15. The average Bonchev–Trinajstić information content (AvgIpc) is 3.20. The number of sulfonamides is 1. The number of fused-ring (bicyclic) bond motifs is 2. The minimum absolute atomic E-state index is 0.286. The van der Waals surface area contributed by atoms with E-state index in [1.54, 1.807) is 0 Å². The van der Waals surface area contributed by atoms with Gasteiger partial charge in [-0.15, -0.1) is 0 Å². The van der Waals surface area contributed by atoms with Crippen LogP contribution in [0.5, 0.6) is 0 Å². The van der Waals surface area contributed by atoms with Gasteiger partial charge in [0.1, 0.15) is 5.54 Å². The van der Waals surface area contributed by atoms with E-state index >= 15 is 0 Å². The van der Waals surface area contributed by atoms with Crippen LogP contribution >= 0.6 is 0 Å². The fourth-order valence-electron chi connectivity index (χ4n) is 4.02. The van der Waals surface area contributed by atoms with Crippen LogP contribution in [-0.4, -0.2) is 50.9 Å². The zero-order valence-electron chi connectivity index (χ0n) is 16.6. The molecule has 1 spiro atoms. The normalized spacial score (nSPS) is 20.4. The molecule has 1 aliphatic heterocycles. The van der Waals surface area contributed by atoms with Gasteiger partial charge >= 0.3 is 6.03 Å². The van der Waals surface area contributed by atoms with E-state index in [0.717, 1.165) is 26.6 Å². The van der Waals surface area contributed by atoms with Crippen molar-refractivity contribution >= 4 is 33.4 Å². The molecule has 156 valence electrons. The van der Waals surface area contributed by atoms with E-state index in [9.17, 15) is 22.8 Å². The number of carbonyl (C=O) groups excluding carboxylic acids is 3. The van der Waals surface area contributed by atoms with Gasteiger partial charge in [-0.3, -0.25) is 18.8 Å². The lowest BCUT2D eigenvalue weighted by Gasteiger charge is -2.22. The monoisotopic (exact) mass is 427 g/mol. The second-order valence-electron chi connectivity index (χ2n) is 7.58. The summed E-state index contributed by atoms with van der Waals surface area (Å²) in [5.41, 5.74) is 1.40. The Hall–Kier alpha value is -3.20. The number of nitrogens with one attached hydrogen (secondary N) is 1. The smallest absolute Gasteiger partial charge is 0.319 e. The van der Waals surface area contributed by atoms with Gasteiger partial charge in [0.2, 0.25) is 10.0 Å². The number of ketones is 1. The van der Waals surface area contributed by atoms with E-state index < -0.39 is 33.3 Å². The average molecular weight is 427 g/mol. The van der Waals surface area contributed by atoms with Crippen molar-refractivity contribution in [2.45, 2.75) is 18.4 Å². The Labute approximate surface area is 174 Å². The number of hydrogen-bond donors (Lipinski definition) is 1. The largest absolute Gasteiger partial charge is 0.325 e. The Morgan fingerprint density at radius 2 is 1.80 bits per heavy atom. The van der Waals surface area contributed by atoms with Crippen molar-refractivity contribution in [1.82, 2.24) is 10.2 Å². The highest BCUT2D eigenvalue weighted by atomic mass is 32.2. The quantitative estimate of drug-likeness (QED) is 0.577. The summed E-state index contributed by atoms with van der Waals surface area (Å²) >= 11 is 0. The molecule has 9 heteroatoms. The van der Waals surface area contributed by atoms with E-state index in [0.29, 0.717) is 18.5 Å². The standard InChI is InChI=1S/C21H21N3O5S/c1-23(30(2,28)29)16-9-7-15(8-10-16)18(25)13-24-19(26)21(22-20(24)27)12-11-14-5-3-4-6-17(14)21/h3-10H,11-13H2,1-2H3,(H,22,27)/t21-/m1/s1. The highest BCUT2D eigenvalue weighted by Gasteiger charge is 2.55. The van der Waals surface area contributed by atoms with E-state index in [2.05, 4.69) is 5.32 Å². The predicted molar refractivity (Wildman–Crippen MR) is 111 cm³/mol. The number of benzene rings is 2. The summed E-state index contributed by atoms with van der Waals surface area (Å²) in [6, 6.07) is 12.9. The molecular formula is C21H21N3O5S. The molecule has 0 aromatic heterocycles. The highest BCUT2D eigenvalue weighted by Crippen LogP contribution is 2.41. The molecule has 1 heterocycles. The summed E-state index contributed by atoms with van der Waals surface area (Å²) in [4.78, 5) is 39.4. The zero-order valence-corrected chi connectivity index (χ0v) is 17.4. The van der Waals surface area contributed by atoms with Crippen LogP contribution in [0.15, 0.2) is 48.5 Å². The molecule has 0 saturated carbocycles. The molecule has 1 atom stereocenters. The van der Waals surface area contributed by atoms with Crippen molar-refractivity contribution in [3.8, 4) is 0 Å². The molecule has 1 fully saturated rings. The van der Waals surface area contributed by atoms with Crippen molar-refractivity contribution in [2.24, 2.45) is 0 Å². The van der Waals surface area contributed by atoms with Crippen LogP contribution in [0.2, 0.25) is 0 Å². The van der Waals surface area contributed by atoms with Gasteiger partial charge in [-0.25, -0.2) is 13.2 Å². The molecular weight excluding hydrogens is 406 g/mol. The molecule has 2 aromatic carbocycles. The fourth-order valence-corrected chi connectivity index (χ4v) is 4.52. The van der Waals surface area contributed by atoms with Crippen molar-refractivity contribution < 1.29 is 22.8 Å². The minimum Gasteiger partial charge on any atom is -0.319 e. The Balaban J connectivity index is 1.53. The molecule has 2 aliphatic rings. The molecule has 8 nitrogen and oxygen atoms in total. The van der Waals surface area contributed by atoms with Crippen LogP contribution in [0.1, 0.15) is 27.9 Å². The van der Waals surface area contributed by atoms with Crippen molar-refractivity contribution in [3.63, 3.8) is 0 Å². The number of nitrogens with zero attached hydrogens (tertiary/aromatic N) is 2. The Morgan fingerprint density at radius 1 is 1.13 bits per heavy atom. The molecule has 2 aromatic rings. The van der Waals surface area contributed by atoms with E-state index in [1.807, 2.05) is 24.3 Å². The predicted octanol–water partition coefficient (Wildman–Crippen LogP) is 1.66. The number of urea groups is 1. The van der Waals surface area contributed by atoms with Crippen LogP contribution in [0.25, 0.3) is 0 Å². The SMILES string of the molecule is CN(c1ccc(C(=O)CN2C(=O)N[C@@]3(CCc4ccccc43)C2=O)cc1)S(C)(=O)=O. The van der Waals surface area contributed by atoms with Gasteiger partial charge < -0.3 is 5.32 Å². The zero-order chi connectivity index (χ0) is 21.7. The molecule has 4 rings (SSSR count). The number of Topliss-reactive ketones (excluding diaryl/α,β-unsaturated/α-hetero) is 1. The van der Waals surface area contributed by atoms with Gasteiger partial charge in [-0.05, 0) is 48.2 Å². The van der Waals surface area contributed by atoms with Gasteiger partial charge in [-0.1, -0.05) is 24.3 Å². The van der Waals surface area contributed by atoms with Crippen molar-refractivity contribution in [2.75, 3.05) is 24.2 Å². The lowest BCUT2D eigenvalue weighted by molar-refractivity contribution is -0.131. The molecule has 30 heavy (non-hydrogen) atoms. The Kier molecular flexibility index (Phi) is 4.65. The minimum atomic E-state index is -3.42. The third-order valence-electron chi connectivity index (χ3n) is 5.77. The van der Waals surface area contributed by atoms with Crippen molar-refractivity contribution in [1.29, 1.82) is 0 Å². The Bertz CT molecular complexity index is 1160. The second-order valence-corrected chi connectivity index (χ2v) is 9.60. The number of aryl methyl sites for hydroxylation is 1. The molecule has 0 radical (unpaired) electrons. The van der Waals surface area contributed by atoms with Crippen LogP contribution in [0.3, 0.4) is 0 Å². The summed E-state index contributed by atoms with van der Waals surface area (Å²) in [6.07, 6.45) is 2.23. The van der Waals surface area contributed by atoms with Gasteiger partial charge in [0, 0.05) is 12.6 Å². The maximum Gasteiger partial charge on any atom is 0.325 e. The number of carbonyl (C=O) groups is 3. The summed E-state index contributed by atoms with van der Waals surface area (Å²) in [6.45, 7) is -0.379. The fraction of sp³-hybridized carbons (Fsp3) is 0.286. The van der Waals surface area contributed by atoms with Crippen LogP contribution in [-0.2, 0) is 26.8 Å². The summed E-state index contributed by atoms with van der Waals surface area (Å²) in [5, 5.41) is 2.79. The van der Waals surface area contributed by atoms with Gasteiger partial charge in [-0.2, -0.15) is 0 Å². The van der Waals surface area contributed by atoms with Crippen molar-refractivity contribution in [3.05, 3.63) is 65.2 Å². The van der Waals surface area contributed by atoms with Gasteiger partial charge in [0.15, 0.2) is 5.78 Å².